The summed E-state index contributed by atoms with van der Waals surface area (Å²) in [5.41, 5.74) is 1.72. The van der Waals surface area contributed by atoms with Crippen LogP contribution in [0.5, 0.6) is 0 Å². The van der Waals surface area contributed by atoms with Crippen LogP contribution in [0, 0.1) is 11.6 Å². The number of benzene rings is 2. The predicted octanol–water partition coefficient (Wildman–Crippen LogP) is 4.37. The number of halogens is 2. The summed E-state index contributed by atoms with van der Waals surface area (Å²) in [6, 6.07) is 8.90. The van der Waals surface area contributed by atoms with Gasteiger partial charge < -0.3 is 4.98 Å². The Morgan fingerprint density at radius 1 is 1.08 bits per heavy atom. The lowest BCUT2D eigenvalue weighted by atomic mass is 10.3. The number of nitrogens with one attached hydrogen (secondary N) is 2. The molecule has 0 spiro atoms. The Morgan fingerprint density at radius 3 is 2.65 bits per heavy atom. The third-order valence-corrected chi connectivity index (χ3v) is 5.78. The first-order valence-electron chi connectivity index (χ1n) is 7.42. The Morgan fingerprint density at radius 2 is 1.92 bits per heavy atom. The highest BCUT2D eigenvalue weighted by atomic mass is 32.2. The highest BCUT2D eigenvalue weighted by Crippen LogP contribution is 2.25. The van der Waals surface area contributed by atoms with Crippen LogP contribution in [0.25, 0.3) is 22.4 Å². The van der Waals surface area contributed by atoms with Crippen molar-refractivity contribution in [3.8, 4) is 11.4 Å². The van der Waals surface area contributed by atoms with Crippen LogP contribution >= 0.6 is 11.3 Å². The summed E-state index contributed by atoms with van der Waals surface area (Å²) in [5, 5.41) is 3.84. The maximum absolute atomic E-state index is 13.7. The van der Waals surface area contributed by atoms with Crippen molar-refractivity contribution >= 4 is 38.1 Å². The SMILES string of the molecule is O=S(=O)(Nc1ccc(F)cc1F)c1ccc2[nH]c(-c3ccsc3)nc2c1. The number of nitrogens with zero attached hydrogens (tertiary/aromatic N) is 1. The quantitative estimate of drug-likeness (QED) is 0.542. The number of aromatic amines is 1. The Kier molecular flexibility index (Phi) is 3.97. The van der Waals surface area contributed by atoms with E-state index in [4.69, 9.17) is 0 Å². The van der Waals surface area contributed by atoms with Gasteiger partial charge in [0.2, 0.25) is 0 Å². The van der Waals surface area contributed by atoms with Gasteiger partial charge >= 0.3 is 0 Å². The van der Waals surface area contributed by atoms with Crippen molar-refractivity contribution in [1.82, 2.24) is 9.97 Å². The zero-order valence-electron chi connectivity index (χ0n) is 13.0. The molecule has 0 unspecified atom stereocenters. The molecule has 0 atom stereocenters. The van der Waals surface area contributed by atoms with Crippen molar-refractivity contribution in [3.05, 3.63) is 64.9 Å². The van der Waals surface area contributed by atoms with Gasteiger partial charge in [0, 0.05) is 17.0 Å². The number of hydrogen-bond acceptors (Lipinski definition) is 4. The number of thiophene rings is 1. The largest absolute Gasteiger partial charge is 0.338 e. The minimum atomic E-state index is -4.05. The van der Waals surface area contributed by atoms with Crippen LogP contribution in [0.3, 0.4) is 0 Å². The predicted molar refractivity (Wildman–Crippen MR) is 96.6 cm³/mol. The summed E-state index contributed by atoms with van der Waals surface area (Å²) in [4.78, 5) is 7.45. The van der Waals surface area contributed by atoms with E-state index in [9.17, 15) is 17.2 Å². The molecule has 0 aliphatic rings. The molecule has 4 rings (SSSR count). The number of H-pyrrole nitrogens is 1. The maximum atomic E-state index is 13.7. The molecule has 0 fully saturated rings. The van der Waals surface area contributed by atoms with Gasteiger partial charge in [0.1, 0.15) is 17.5 Å². The lowest BCUT2D eigenvalue weighted by Crippen LogP contribution is -2.14. The summed E-state index contributed by atoms with van der Waals surface area (Å²) >= 11 is 1.53. The third kappa shape index (κ3) is 3.06. The van der Waals surface area contributed by atoms with Crippen molar-refractivity contribution in [2.45, 2.75) is 4.90 Å². The lowest BCUT2D eigenvalue weighted by molar-refractivity contribution is 0.583. The summed E-state index contributed by atoms with van der Waals surface area (Å²) in [7, 11) is -4.05. The fourth-order valence-corrected chi connectivity index (χ4v) is 4.19. The first-order valence-corrected chi connectivity index (χ1v) is 9.85. The molecule has 2 N–H and O–H groups in total. The number of sulfonamides is 1. The summed E-state index contributed by atoms with van der Waals surface area (Å²) in [6.07, 6.45) is 0. The monoisotopic (exact) mass is 391 g/mol. The van der Waals surface area contributed by atoms with Crippen LogP contribution < -0.4 is 4.72 Å². The topological polar surface area (TPSA) is 74.8 Å². The molecule has 132 valence electrons. The molecule has 2 aromatic heterocycles. The van der Waals surface area contributed by atoms with Crippen molar-refractivity contribution in [1.29, 1.82) is 0 Å². The van der Waals surface area contributed by atoms with Gasteiger partial charge in [-0.3, -0.25) is 4.72 Å². The molecule has 0 saturated carbocycles. The summed E-state index contributed by atoms with van der Waals surface area (Å²) < 4.78 is 53.8. The Labute approximate surface area is 151 Å². The number of hydrogen-bond donors (Lipinski definition) is 2. The molecule has 0 amide bonds. The second-order valence-corrected chi connectivity index (χ2v) is 7.97. The minimum Gasteiger partial charge on any atom is -0.338 e. The molecule has 2 heterocycles. The van der Waals surface area contributed by atoms with Crippen molar-refractivity contribution in [2.75, 3.05) is 4.72 Å². The maximum Gasteiger partial charge on any atom is 0.262 e. The van der Waals surface area contributed by atoms with E-state index in [1.54, 1.807) is 6.07 Å². The van der Waals surface area contributed by atoms with Gasteiger partial charge in [0.05, 0.1) is 21.6 Å². The molecule has 0 radical (unpaired) electrons. The Hall–Kier alpha value is -2.78. The van der Waals surface area contributed by atoms with Gasteiger partial charge in [-0.25, -0.2) is 22.2 Å². The van der Waals surface area contributed by atoms with E-state index in [0.717, 1.165) is 17.7 Å². The molecule has 0 aliphatic carbocycles. The van der Waals surface area contributed by atoms with E-state index in [1.165, 1.54) is 23.5 Å². The third-order valence-electron chi connectivity index (χ3n) is 3.73. The summed E-state index contributed by atoms with van der Waals surface area (Å²) in [5.74, 6) is -1.15. The van der Waals surface area contributed by atoms with E-state index in [1.807, 2.05) is 16.8 Å². The second-order valence-electron chi connectivity index (χ2n) is 5.51. The minimum absolute atomic E-state index is 0.0721. The van der Waals surface area contributed by atoms with Crippen LogP contribution in [0.1, 0.15) is 0 Å². The fraction of sp³-hybridized carbons (Fsp3) is 0. The smallest absolute Gasteiger partial charge is 0.262 e. The first-order chi connectivity index (χ1) is 12.4. The van der Waals surface area contributed by atoms with E-state index in [-0.39, 0.29) is 10.6 Å². The molecule has 0 aliphatic heterocycles. The normalized spacial score (nSPS) is 11.8. The zero-order chi connectivity index (χ0) is 18.3. The average molecular weight is 391 g/mol. The molecular formula is C17H11F2N3O2S2. The van der Waals surface area contributed by atoms with Crippen LogP contribution in [0.15, 0.2) is 58.1 Å². The van der Waals surface area contributed by atoms with Crippen molar-refractivity contribution in [3.63, 3.8) is 0 Å². The zero-order valence-corrected chi connectivity index (χ0v) is 14.7. The van der Waals surface area contributed by atoms with Crippen molar-refractivity contribution in [2.24, 2.45) is 0 Å². The van der Waals surface area contributed by atoms with E-state index in [2.05, 4.69) is 14.7 Å². The van der Waals surface area contributed by atoms with Crippen molar-refractivity contribution < 1.29 is 17.2 Å². The molecule has 9 heteroatoms. The molecule has 0 saturated heterocycles. The van der Waals surface area contributed by atoms with Gasteiger partial charge in [0.25, 0.3) is 10.0 Å². The molecule has 4 aromatic rings. The van der Waals surface area contributed by atoms with E-state index >= 15 is 0 Å². The molecule has 26 heavy (non-hydrogen) atoms. The summed E-state index contributed by atoms with van der Waals surface area (Å²) in [6.45, 7) is 0. The highest BCUT2D eigenvalue weighted by molar-refractivity contribution is 7.92. The second kappa shape index (κ2) is 6.19. The van der Waals surface area contributed by atoms with Gasteiger partial charge in [-0.2, -0.15) is 11.3 Å². The van der Waals surface area contributed by atoms with Gasteiger partial charge in [-0.15, -0.1) is 0 Å². The molecule has 0 bridgehead atoms. The first kappa shape index (κ1) is 16.7. The molecule has 5 nitrogen and oxygen atoms in total. The molecule has 2 aromatic carbocycles. The number of anilines is 1. The standard InChI is InChI=1S/C17H11F2N3O2S2/c18-11-1-3-14(13(19)7-11)22-26(23,24)12-2-4-15-16(8-12)21-17(20-15)10-5-6-25-9-10/h1-9,22H,(H,20,21). The Bertz CT molecular complexity index is 1200. The average Bonchev–Trinajstić information content (AvgIpc) is 3.25. The van der Waals surface area contributed by atoms with Crippen LogP contribution in [-0.4, -0.2) is 18.4 Å². The number of rotatable bonds is 4. The van der Waals surface area contributed by atoms with Gasteiger partial charge in [0.15, 0.2) is 0 Å². The van der Waals surface area contributed by atoms with E-state index < -0.39 is 21.7 Å². The van der Waals surface area contributed by atoms with Crippen LogP contribution in [0.2, 0.25) is 0 Å². The fourth-order valence-electron chi connectivity index (χ4n) is 2.46. The Balaban J connectivity index is 1.70. The van der Waals surface area contributed by atoms with E-state index in [0.29, 0.717) is 22.9 Å². The number of aromatic nitrogens is 2. The molecular weight excluding hydrogens is 380 g/mol. The number of fused-ring (bicyclic) bond motifs is 1. The van der Waals surface area contributed by atoms with Gasteiger partial charge in [-0.1, -0.05) is 0 Å². The number of imidazole rings is 1. The van der Waals surface area contributed by atoms with Crippen LogP contribution in [-0.2, 0) is 10.0 Å². The van der Waals surface area contributed by atoms with Crippen LogP contribution in [0.4, 0.5) is 14.5 Å². The highest BCUT2D eigenvalue weighted by Gasteiger charge is 2.18. The van der Waals surface area contributed by atoms with Gasteiger partial charge in [-0.05, 0) is 41.8 Å². The lowest BCUT2D eigenvalue weighted by Gasteiger charge is -2.09.